The molecule has 3 aromatic rings. The van der Waals surface area contributed by atoms with Crippen molar-refractivity contribution in [2.75, 3.05) is 7.11 Å². The van der Waals surface area contributed by atoms with E-state index in [2.05, 4.69) is 15.4 Å². The number of nitrogens with two attached hydrogens (primary N) is 1. The van der Waals surface area contributed by atoms with E-state index < -0.39 is 24.0 Å². The minimum atomic E-state index is -0.791. The Hall–Kier alpha value is -3.30. The first-order valence-electron chi connectivity index (χ1n) is 8.73. The number of benzene rings is 1. The van der Waals surface area contributed by atoms with Gasteiger partial charge in [0.1, 0.15) is 17.0 Å². The fourth-order valence-electron chi connectivity index (χ4n) is 3.60. The zero-order valence-electron chi connectivity index (χ0n) is 15.1. The van der Waals surface area contributed by atoms with Crippen LogP contribution in [0.5, 0.6) is 0 Å². The van der Waals surface area contributed by atoms with E-state index in [1.54, 1.807) is 0 Å². The third kappa shape index (κ3) is 2.90. The van der Waals surface area contributed by atoms with Crippen LogP contribution in [0.25, 0.3) is 5.65 Å². The Morgan fingerprint density at radius 2 is 2.14 bits per heavy atom. The number of rotatable bonds is 5. The van der Waals surface area contributed by atoms with Crippen LogP contribution < -0.4 is 11.1 Å². The fraction of sp³-hybridized carbons (Fsp3) is 0.263. The van der Waals surface area contributed by atoms with Crippen molar-refractivity contribution in [2.45, 2.75) is 25.2 Å². The predicted octanol–water partition coefficient (Wildman–Crippen LogP) is 0.363. The molecule has 1 aliphatic carbocycles. The molecule has 0 saturated carbocycles. The van der Waals surface area contributed by atoms with Gasteiger partial charge in [-0.15, -0.1) is 0 Å². The van der Waals surface area contributed by atoms with Crippen LogP contribution in [0, 0.1) is 0 Å². The van der Waals surface area contributed by atoms with Crippen molar-refractivity contribution < 1.29 is 19.4 Å². The maximum atomic E-state index is 12.9. The lowest BCUT2D eigenvalue weighted by Crippen LogP contribution is -2.38. The SMILES string of the molecule is COCc1nn2c(C(=O)N[C@H]3Cc4ccccc4[C@H]3O)ccnc2c1C(N)=O. The summed E-state index contributed by atoms with van der Waals surface area (Å²) in [5.41, 5.74) is 8.05. The minimum Gasteiger partial charge on any atom is -0.386 e. The molecule has 0 saturated heterocycles. The average Bonchev–Trinajstić information content (AvgIpc) is 3.20. The monoisotopic (exact) mass is 381 g/mol. The number of ether oxygens (including phenoxy) is 1. The Morgan fingerprint density at radius 1 is 1.36 bits per heavy atom. The fourth-order valence-corrected chi connectivity index (χ4v) is 3.60. The highest BCUT2D eigenvalue weighted by Crippen LogP contribution is 2.31. The third-order valence-corrected chi connectivity index (χ3v) is 4.86. The topological polar surface area (TPSA) is 132 Å². The van der Waals surface area contributed by atoms with Gasteiger partial charge in [-0.05, 0) is 23.6 Å². The molecule has 2 heterocycles. The average molecular weight is 381 g/mol. The lowest BCUT2D eigenvalue weighted by atomic mass is 10.1. The van der Waals surface area contributed by atoms with E-state index in [-0.39, 0.29) is 23.5 Å². The second kappa shape index (κ2) is 7.02. The molecule has 9 nitrogen and oxygen atoms in total. The molecule has 4 N–H and O–H groups in total. The zero-order valence-corrected chi connectivity index (χ0v) is 15.1. The van der Waals surface area contributed by atoms with Crippen LogP contribution in [-0.2, 0) is 17.8 Å². The van der Waals surface area contributed by atoms with Crippen LogP contribution in [0.3, 0.4) is 0 Å². The van der Waals surface area contributed by atoms with Crippen molar-refractivity contribution >= 4 is 17.5 Å². The van der Waals surface area contributed by atoms with Crippen LogP contribution in [0.2, 0.25) is 0 Å². The summed E-state index contributed by atoms with van der Waals surface area (Å²) in [6, 6.07) is 8.56. The van der Waals surface area contributed by atoms with Gasteiger partial charge in [0.2, 0.25) is 0 Å². The van der Waals surface area contributed by atoms with Gasteiger partial charge in [0.15, 0.2) is 5.65 Å². The largest absolute Gasteiger partial charge is 0.386 e. The summed E-state index contributed by atoms with van der Waals surface area (Å²) in [5, 5.41) is 17.6. The number of carbonyl (C=O) groups is 2. The van der Waals surface area contributed by atoms with E-state index in [1.165, 1.54) is 23.9 Å². The molecule has 0 radical (unpaired) electrons. The van der Waals surface area contributed by atoms with Crippen LogP contribution in [-0.4, -0.2) is 44.7 Å². The summed E-state index contributed by atoms with van der Waals surface area (Å²) in [6.07, 6.45) is 1.15. The Bertz CT molecular complexity index is 1080. The normalized spacial score (nSPS) is 18.2. The molecule has 0 unspecified atom stereocenters. The van der Waals surface area contributed by atoms with Gasteiger partial charge in [-0.25, -0.2) is 9.50 Å². The van der Waals surface area contributed by atoms with E-state index in [1.807, 2.05) is 24.3 Å². The number of amides is 2. The molecule has 1 aromatic carbocycles. The highest BCUT2D eigenvalue weighted by atomic mass is 16.5. The summed E-state index contributed by atoms with van der Waals surface area (Å²) in [5.74, 6) is -1.14. The van der Waals surface area contributed by atoms with Gasteiger partial charge >= 0.3 is 0 Å². The zero-order chi connectivity index (χ0) is 19.8. The summed E-state index contributed by atoms with van der Waals surface area (Å²) >= 11 is 0. The Labute approximate surface area is 160 Å². The molecule has 2 aromatic heterocycles. The van der Waals surface area contributed by atoms with Crippen molar-refractivity contribution in [2.24, 2.45) is 5.73 Å². The number of carbonyl (C=O) groups excluding carboxylic acids is 2. The Morgan fingerprint density at radius 3 is 2.86 bits per heavy atom. The summed E-state index contributed by atoms with van der Waals surface area (Å²) in [7, 11) is 1.47. The van der Waals surface area contributed by atoms with Crippen LogP contribution in [0.1, 0.15) is 43.8 Å². The molecule has 4 rings (SSSR count). The number of fused-ring (bicyclic) bond motifs is 2. The van der Waals surface area contributed by atoms with E-state index in [0.29, 0.717) is 12.1 Å². The maximum Gasteiger partial charge on any atom is 0.270 e. The standard InChI is InChI=1S/C19H19N5O4/c1-28-9-13-15(17(20)26)18-21-7-6-14(24(18)23-13)19(27)22-12-8-10-4-2-3-5-11(10)16(12)25/h2-7,12,16,25H,8-9H2,1H3,(H2,20,26)(H,22,27)/t12-,16+/m0/s1. The molecule has 2 atom stereocenters. The highest BCUT2D eigenvalue weighted by molar-refractivity contribution is 6.01. The lowest BCUT2D eigenvalue weighted by Gasteiger charge is -2.17. The summed E-state index contributed by atoms with van der Waals surface area (Å²) in [6.45, 7) is 0.0549. The minimum absolute atomic E-state index is 0.0549. The van der Waals surface area contributed by atoms with Gasteiger partial charge in [0.05, 0.1) is 18.8 Å². The van der Waals surface area contributed by atoms with E-state index in [0.717, 1.165) is 11.1 Å². The van der Waals surface area contributed by atoms with Crippen molar-refractivity contribution in [1.82, 2.24) is 19.9 Å². The van der Waals surface area contributed by atoms with Gasteiger partial charge in [-0.1, -0.05) is 24.3 Å². The molecule has 0 spiro atoms. The number of nitrogens with zero attached hydrogens (tertiary/aromatic N) is 3. The number of aliphatic hydroxyl groups is 1. The number of nitrogens with one attached hydrogen (secondary N) is 1. The molecule has 144 valence electrons. The van der Waals surface area contributed by atoms with Crippen molar-refractivity contribution in [3.63, 3.8) is 0 Å². The number of primary amides is 1. The lowest BCUT2D eigenvalue weighted by molar-refractivity contribution is 0.0850. The van der Waals surface area contributed by atoms with Gasteiger partial charge < -0.3 is 20.9 Å². The quantitative estimate of drug-likeness (QED) is 0.585. The molecule has 28 heavy (non-hydrogen) atoms. The smallest absolute Gasteiger partial charge is 0.270 e. The third-order valence-electron chi connectivity index (χ3n) is 4.86. The summed E-state index contributed by atoms with van der Waals surface area (Å²) < 4.78 is 6.34. The number of methoxy groups -OCH3 is 1. The van der Waals surface area contributed by atoms with Crippen molar-refractivity contribution in [1.29, 1.82) is 0 Å². The second-order valence-electron chi connectivity index (χ2n) is 6.61. The Kier molecular flexibility index (Phi) is 4.54. The molecule has 0 aliphatic heterocycles. The van der Waals surface area contributed by atoms with Crippen molar-refractivity contribution in [3.8, 4) is 0 Å². The van der Waals surface area contributed by atoms with E-state index >= 15 is 0 Å². The molecule has 1 aliphatic rings. The first-order valence-corrected chi connectivity index (χ1v) is 8.73. The number of aliphatic hydroxyl groups excluding tert-OH is 1. The number of hydrogen-bond donors (Lipinski definition) is 3. The second-order valence-corrected chi connectivity index (χ2v) is 6.61. The molecular formula is C19H19N5O4. The highest BCUT2D eigenvalue weighted by Gasteiger charge is 2.32. The summed E-state index contributed by atoms with van der Waals surface area (Å²) in [4.78, 5) is 28.9. The first kappa shape index (κ1) is 18.1. The number of hydrogen-bond acceptors (Lipinski definition) is 6. The van der Waals surface area contributed by atoms with Gasteiger partial charge in [0.25, 0.3) is 11.8 Å². The van der Waals surface area contributed by atoms with Gasteiger partial charge in [-0.3, -0.25) is 9.59 Å². The van der Waals surface area contributed by atoms with Crippen molar-refractivity contribution in [3.05, 3.63) is 64.6 Å². The van der Waals surface area contributed by atoms with Gasteiger partial charge in [0, 0.05) is 13.3 Å². The molecule has 9 heteroatoms. The Balaban J connectivity index is 1.67. The van der Waals surface area contributed by atoms with Crippen LogP contribution in [0.15, 0.2) is 36.5 Å². The molecule has 0 fully saturated rings. The van der Waals surface area contributed by atoms with E-state index in [9.17, 15) is 14.7 Å². The predicted molar refractivity (Wildman–Crippen MR) is 98.6 cm³/mol. The molecule has 0 bridgehead atoms. The molecular weight excluding hydrogens is 362 g/mol. The van der Waals surface area contributed by atoms with E-state index in [4.69, 9.17) is 10.5 Å². The van der Waals surface area contributed by atoms with Crippen LogP contribution >= 0.6 is 0 Å². The maximum absolute atomic E-state index is 12.9. The van der Waals surface area contributed by atoms with Crippen LogP contribution in [0.4, 0.5) is 0 Å². The molecule has 2 amide bonds. The van der Waals surface area contributed by atoms with Gasteiger partial charge in [-0.2, -0.15) is 5.10 Å². The first-order chi connectivity index (χ1) is 13.5. The number of aromatic nitrogens is 3.